The molecule has 2 aliphatic rings. The molecule has 0 aromatic heterocycles. The van der Waals surface area contributed by atoms with Gasteiger partial charge in [-0.15, -0.1) is 0 Å². The van der Waals surface area contributed by atoms with Crippen molar-refractivity contribution < 1.29 is 9.90 Å². The molecule has 1 saturated carbocycles. The molecule has 0 unspecified atom stereocenters. The van der Waals surface area contributed by atoms with Gasteiger partial charge in [0.1, 0.15) is 6.10 Å². The van der Waals surface area contributed by atoms with Crippen molar-refractivity contribution >= 4 is 5.78 Å². The minimum absolute atomic E-state index is 0.0932. The number of hydrogen-bond acceptors (Lipinski definition) is 2. The van der Waals surface area contributed by atoms with E-state index in [0.717, 1.165) is 12.8 Å². The largest absolute Gasteiger partial charge is 0.385 e. The van der Waals surface area contributed by atoms with Crippen LogP contribution in [0.4, 0.5) is 0 Å². The summed E-state index contributed by atoms with van der Waals surface area (Å²) in [6, 6.07) is 0. The highest BCUT2D eigenvalue weighted by molar-refractivity contribution is 5.95. The maximum absolute atomic E-state index is 11.2. The van der Waals surface area contributed by atoms with Crippen molar-refractivity contribution in [1.29, 1.82) is 0 Å². The van der Waals surface area contributed by atoms with E-state index >= 15 is 0 Å². The summed E-state index contributed by atoms with van der Waals surface area (Å²) in [5.41, 5.74) is 1.39. The highest BCUT2D eigenvalue weighted by Gasteiger charge is 2.40. The molecule has 0 heterocycles. The average Bonchev–Trinajstić information content (AvgIpc) is 2.32. The second-order valence-corrected chi connectivity index (χ2v) is 4.21. The van der Waals surface area contributed by atoms with E-state index in [1.807, 2.05) is 0 Å². The van der Waals surface area contributed by atoms with Gasteiger partial charge in [0.05, 0.1) is 0 Å². The van der Waals surface area contributed by atoms with Crippen molar-refractivity contribution in [1.82, 2.24) is 0 Å². The van der Waals surface area contributed by atoms with Crippen molar-refractivity contribution in [2.24, 2.45) is 5.41 Å². The first-order valence-corrected chi connectivity index (χ1v) is 4.55. The highest BCUT2D eigenvalue weighted by atomic mass is 16.3. The monoisotopic (exact) mass is 166 g/mol. The van der Waals surface area contributed by atoms with Crippen LogP contribution in [0.5, 0.6) is 0 Å². The van der Waals surface area contributed by atoms with Crippen LogP contribution in [0, 0.1) is 5.41 Å². The van der Waals surface area contributed by atoms with E-state index in [1.165, 1.54) is 12.0 Å². The number of aliphatic hydroxyl groups is 1. The summed E-state index contributed by atoms with van der Waals surface area (Å²) in [6.45, 7) is 2.15. The van der Waals surface area contributed by atoms with Crippen molar-refractivity contribution in [3.63, 3.8) is 0 Å². The molecule has 0 aliphatic heterocycles. The number of allylic oxidation sites excluding steroid dienone is 1. The zero-order valence-electron chi connectivity index (χ0n) is 7.34. The molecule has 2 aliphatic carbocycles. The predicted octanol–water partition coefficient (Wildman–Crippen LogP) is 1.44. The van der Waals surface area contributed by atoms with Gasteiger partial charge in [-0.25, -0.2) is 0 Å². The Hall–Kier alpha value is -0.630. The summed E-state index contributed by atoms with van der Waals surface area (Å²) in [4.78, 5) is 11.2. The van der Waals surface area contributed by atoms with Crippen LogP contribution >= 0.6 is 0 Å². The fourth-order valence-electron chi connectivity index (χ4n) is 2.41. The molecule has 2 atom stereocenters. The molecule has 0 radical (unpaired) electrons. The number of hydrogen-bond donors (Lipinski definition) is 1. The molecule has 0 amide bonds. The van der Waals surface area contributed by atoms with Gasteiger partial charge < -0.3 is 5.11 Å². The minimum Gasteiger partial charge on any atom is -0.385 e. The first kappa shape index (κ1) is 7.99. The average molecular weight is 166 g/mol. The first-order chi connectivity index (χ1) is 5.62. The van der Waals surface area contributed by atoms with Gasteiger partial charge in [0.25, 0.3) is 0 Å². The van der Waals surface area contributed by atoms with Crippen LogP contribution < -0.4 is 0 Å². The third kappa shape index (κ3) is 1.02. The van der Waals surface area contributed by atoms with Crippen LogP contribution in [0.1, 0.15) is 32.6 Å². The highest BCUT2D eigenvalue weighted by Crippen LogP contribution is 2.48. The number of rotatable bonds is 0. The Morgan fingerprint density at radius 2 is 2.42 bits per heavy atom. The Morgan fingerprint density at radius 1 is 1.67 bits per heavy atom. The van der Waals surface area contributed by atoms with E-state index < -0.39 is 6.10 Å². The van der Waals surface area contributed by atoms with E-state index in [-0.39, 0.29) is 11.2 Å². The van der Waals surface area contributed by atoms with Crippen molar-refractivity contribution in [2.45, 2.75) is 38.7 Å². The lowest BCUT2D eigenvalue weighted by Crippen LogP contribution is -2.32. The molecule has 2 heteroatoms. The second kappa shape index (κ2) is 2.43. The Morgan fingerprint density at radius 3 is 3.17 bits per heavy atom. The number of ketones is 1. The fraction of sp³-hybridized carbons (Fsp3) is 0.700. The normalized spacial score (nSPS) is 41.0. The van der Waals surface area contributed by atoms with E-state index in [1.54, 1.807) is 6.08 Å². The molecule has 12 heavy (non-hydrogen) atoms. The molecule has 0 spiro atoms. The van der Waals surface area contributed by atoms with E-state index in [4.69, 9.17) is 0 Å². The minimum atomic E-state index is -0.739. The Kier molecular flexibility index (Phi) is 1.62. The Balaban J connectivity index is 2.35. The standard InChI is InChI=1S/C10H14O2/c1-10-4-2-3-7(10)5-8(11)9(12)6-10/h5,9,12H,2-4,6H2,1H3/t9-,10+/m1/s1. The van der Waals surface area contributed by atoms with Crippen LogP contribution in [0.3, 0.4) is 0 Å². The number of aliphatic hydroxyl groups excluding tert-OH is 1. The second-order valence-electron chi connectivity index (χ2n) is 4.21. The first-order valence-electron chi connectivity index (χ1n) is 4.55. The fourth-order valence-corrected chi connectivity index (χ4v) is 2.41. The molecular formula is C10H14O2. The van der Waals surface area contributed by atoms with Crippen molar-refractivity contribution in [2.75, 3.05) is 0 Å². The van der Waals surface area contributed by atoms with Crippen LogP contribution in [0.2, 0.25) is 0 Å². The topological polar surface area (TPSA) is 37.3 Å². The van der Waals surface area contributed by atoms with E-state index in [9.17, 15) is 9.90 Å². The maximum Gasteiger partial charge on any atom is 0.184 e. The SMILES string of the molecule is C[C@@]12CCCC1=CC(=O)[C@H](O)C2. The Bertz CT molecular complexity index is 255. The zero-order valence-corrected chi connectivity index (χ0v) is 7.34. The van der Waals surface area contributed by atoms with Gasteiger partial charge in [0.15, 0.2) is 5.78 Å². The summed E-state index contributed by atoms with van der Waals surface area (Å²) in [6.07, 6.45) is 4.91. The van der Waals surface area contributed by atoms with Gasteiger partial charge in [0.2, 0.25) is 0 Å². The summed E-state index contributed by atoms with van der Waals surface area (Å²) < 4.78 is 0. The molecule has 0 saturated heterocycles. The zero-order chi connectivity index (χ0) is 8.77. The quantitative estimate of drug-likeness (QED) is 0.591. The lowest BCUT2D eigenvalue weighted by atomic mass is 9.74. The van der Waals surface area contributed by atoms with E-state index in [2.05, 4.69) is 6.92 Å². The van der Waals surface area contributed by atoms with Gasteiger partial charge in [0, 0.05) is 0 Å². The lowest BCUT2D eigenvalue weighted by Gasteiger charge is -2.31. The molecule has 0 aromatic carbocycles. The molecule has 1 N–H and O–H groups in total. The van der Waals surface area contributed by atoms with Gasteiger partial charge in [-0.2, -0.15) is 0 Å². The molecule has 2 nitrogen and oxygen atoms in total. The number of carbonyl (C=O) groups is 1. The van der Waals surface area contributed by atoms with Gasteiger partial charge in [-0.3, -0.25) is 4.79 Å². The summed E-state index contributed by atoms with van der Waals surface area (Å²) in [5, 5.41) is 9.40. The molecular weight excluding hydrogens is 152 g/mol. The van der Waals surface area contributed by atoms with Crippen LogP contribution in [0.15, 0.2) is 11.6 Å². The van der Waals surface area contributed by atoms with Crippen molar-refractivity contribution in [3.05, 3.63) is 11.6 Å². The van der Waals surface area contributed by atoms with E-state index in [0.29, 0.717) is 6.42 Å². The number of carbonyl (C=O) groups excluding carboxylic acids is 1. The van der Waals surface area contributed by atoms with Crippen molar-refractivity contribution in [3.8, 4) is 0 Å². The summed E-state index contributed by atoms with van der Waals surface area (Å²) in [5.74, 6) is -0.0932. The maximum atomic E-state index is 11.2. The molecule has 66 valence electrons. The van der Waals surface area contributed by atoms with Gasteiger partial charge >= 0.3 is 0 Å². The number of fused-ring (bicyclic) bond motifs is 1. The Labute approximate surface area is 72.3 Å². The van der Waals surface area contributed by atoms with Crippen LogP contribution in [-0.4, -0.2) is 17.0 Å². The third-order valence-electron chi connectivity index (χ3n) is 3.24. The van der Waals surface area contributed by atoms with Crippen LogP contribution in [0.25, 0.3) is 0 Å². The van der Waals surface area contributed by atoms with Crippen LogP contribution in [-0.2, 0) is 4.79 Å². The molecule has 1 fully saturated rings. The molecule has 2 rings (SSSR count). The summed E-state index contributed by atoms with van der Waals surface area (Å²) >= 11 is 0. The van der Waals surface area contributed by atoms with Gasteiger partial charge in [-0.05, 0) is 37.2 Å². The molecule has 0 aromatic rings. The predicted molar refractivity (Wildman–Crippen MR) is 45.7 cm³/mol. The van der Waals surface area contributed by atoms with Gasteiger partial charge in [-0.1, -0.05) is 12.5 Å². The summed E-state index contributed by atoms with van der Waals surface area (Å²) in [7, 11) is 0. The smallest absolute Gasteiger partial charge is 0.184 e. The lowest BCUT2D eigenvalue weighted by molar-refractivity contribution is -0.124. The molecule has 0 bridgehead atoms. The third-order valence-corrected chi connectivity index (χ3v) is 3.24.